The molecule has 22 heavy (non-hydrogen) atoms. The number of nitrogens with one attached hydrogen (secondary N) is 2. The van der Waals surface area contributed by atoms with Gasteiger partial charge in [0.25, 0.3) is 0 Å². The number of carbonyl (C=O) groups excluding carboxylic acids is 2. The van der Waals surface area contributed by atoms with E-state index in [2.05, 4.69) is 5.32 Å². The van der Waals surface area contributed by atoms with Gasteiger partial charge in [0, 0.05) is 12.1 Å². The van der Waals surface area contributed by atoms with Gasteiger partial charge >= 0.3 is 5.97 Å². The molecule has 6 heteroatoms. The molecule has 1 aromatic carbocycles. The minimum atomic E-state index is -0.329. The number of hydrogen-bond acceptors (Lipinski definition) is 4. The zero-order chi connectivity index (χ0) is 16.1. The number of esters is 1. The first kappa shape index (κ1) is 16.0. The summed E-state index contributed by atoms with van der Waals surface area (Å²) in [5, 5.41) is 10.2. The standard InChI is InChI=1S/C16H21N3O3/c1-22-16(21)13-4-2-3-12(13)15(20)19-9-10-5-7-11(8-6-10)14(17)18/h5-8,12-13H,2-4,9H2,1H3,(H3,17,18)(H,19,20)/t12-,13-/m1/s1. The first-order valence-electron chi connectivity index (χ1n) is 7.31. The molecule has 1 aliphatic rings. The van der Waals surface area contributed by atoms with Crippen LogP contribution < -0.4 is 11.1 Å². The van der Waals surface area contributed by atoms with Gasteiger partial charge in [-0.15, -0.1) is 0 Å². The third-order valence-electron chi connectivity index (χ3n) is 4.09. The fourth-order valence-electron chi connectivity index (χ4n) is 2.83. The lowest BCUT2D eigenvalue weighted by atomic mass is 9.95. The molecule has 1 amide bonds. The third-order valence-corrected chi connectivity index (χ3v) is 4.09. The summed E-state index contributed by atoms with van der Waals surface area (Å²) in [6.07, 6.45) is 2.29. The van der Waals surface area contributed by atoms with E-state index in [1.54, 1.807) is 12.1 Å². The lowest BCUT2D eigenvalue weighted by Gasteiger charge is -2.17. The molecule has 0 aliphatic heterocycles. The van der Waals surface area contributed by atoms with Crippen LogP contribution in [0.2, 0.25) is 0 Å². The Hall–Kier alpha value is -2.37. The van der Waals surface area contributed by atoms with E-state index in [1.165, 1.54) is 7.11 Å². The Morgan fingerprint density at radius 1 is 1.27 bits per heavy atom. The number of hydrogen-bond donors (Lipinski definition) is 3. The highest BCUT2D eigenvalue weighted by Crippen LogP contribution is 2.32. The van der Waals surface area contributed by atoms with E-state index in [4.69, 9.17) is 15.9 Å². The summed E-state index contributed by atoms with van der Waals surface area (Å²) in [6.45, 7) is 0.390. The normalized spacial score (nSPS) is 20.4. The lowest BCUT2D eigenvalue weighted by molar-refractivity contribution is -0.149. The molecule has 0 heterocycles. The molecule has 2 atom stereocenters. The van der Waals surface area contributed by atoms with Gasteiger partial charge in [-0.3, -0.25) is 15.0 Å². The second-order valence-electron chi connectivity index (χ2n) is 5.50. The Morgan fingerprint density at radius 3 is 2.50 bits per heavy atom. The smallest absolute Gasteiger partial charge is 0.309 e. The molecule has 0 radical (unpaired) electrons. The van der Waals surface area contributed by atoms with Crippen LogP contribution in [-0.2, 0) is 20.9 Å². The summed E-state index contributed by atoms with van der Waals surface area (Å²) in [7, 11) is 1.35. The number of ether oxygens (including phenoxy) is 1. The van der Waals surface area contributed by atoms with Gasteiger partial charge in [0.1, 0.15) is 5.84 Å². The summed E-state index contributed by atoms with van der Waals surface area (Å²) in [6, 6.07) is 7.14. The second kappa shape index (κ2) is 7.06. The first-order valence-corrected chi connectivity index (χ1v) is 7.31. The van der Waals surface area contributed by atoms with Crippen molar-refractivity contribution >= 4 is 17.7 Å². The second-order valence-corrected chi connectivity index (χ2v) is 5.50. The van der Waals surface area contributed by atoms with Crippen molar-refractivity contribution < 1.29 is 14.3 Å². The quantitative estimate of drug-likeness (QED) is 0.431. The van der Waals surface area contributed by atoms with Crippen LogP contribution in [0, 0.1) is 17.2 Å². The van der Waals surface area contributed by atoms with E-state index >= 15 is 0 Å². The number of nitrogen functional groups attached to an aromatic ring is 1. The van der Waals surface area contributed by atoms with E-state index in [0.717, 1.165) is 18.4 Å². The number of amidine groups is 1. The summed E-state index contributed by atoms with van der Waals surface area (Å²) >= 11 is 0. The Kier molecular flexibility index (Phi) is 5.14. The molecule has 1 saturated carbocycles. The topological polar surface area (TPSA) is 105 Å². The van der Waals surface area contributed by atoms with Gasteiger partial charge in [0.05, 0.1) is 18.9 Å². The van der Waals surface area contributed by atoms with E-state index in [-0.39, 0.29) is 29.5 Å². The number of carbonyl (C=O) groups is 2. The fourth-order valence-corrected chi connectivity index (χ4v) is 2.83. The molecular weight excluding hydrogens is 282 g/mol. The van der Waals surface area contributed by atoms with Crippen LogP contribution in [0.15, 0.2) is 24.3 Å². The van der Waals surface area contributed by atoms with Crippen LogP contribution >= 0.6 is 0 Å². The van der Waals surface area contributed by atoms with Crippen molar-refractivity contribution in [3.8, 4) is 0 Å². The van der Waals surface area contributed by atoms with Gasteiger partial charge in [-0.1, -0.05) is 30.7 Å². The number of methoxy groups -OCH3 is 1. The van der Waals surface area contributed by atoms with Crippen molar-refractivity contribution in [3.63, 3.8) is 0 Å². The molecule has 0 bridgehead atoms. The third kappa shape index (κ3) is 3.63. The van der Waals surface area contributed by atoms with Gasteiger partial charge in [-0.05, 0) is 18.4 Å². The Bertz CT molecular complexity index is 569. The van der Waals surface area contributed by atoms with Gasteiger partial charge < -0.3 is 15.8 Å². The summed E-state index contributed by atoms with van der Waals surface area (Å²) < 4.78 is 4.76. The van der Waals surface area contributed by atoms with Crippen molar-refractivity contribution in [3.05, 3.63) is 35.4 Å². The van der Waals surface area contributed by atoms with Crippen molar-refractivity contribution in [1.82, 2.24) is 5.32 Å². The minimum Gasteiger partial charge on any atom is -0.469 e. The Labute approximate surface area is 129 Å². The fraction of sp³-hybridized carbons (Fsp3) is 0.438. The van der Waals surface area contributed by atoms with Crippen LogP contribution in [0.4, 0.5) is 0 Å². The van der Waals surface area contributed by atoms with Crippen molar-refractivity contribution in [2.75, 3.05) is 7.11 Å². The Morgan fingerprint density at radius 2 is 1.91 bits per heavy atom. The van der Waals surface area contributed by atoms with Crippen LogP contribution in [0.25, 0.3) is 0 Å². The molecule has 0 spiro atoms. The summed E-state index contributed by atoms with van der Waals surface area (Å²) in [5.41, 5.74) is 6.97. The highest BCUT2D eigenvalue weighted by molar-refractivity contribution is 5.94. The zero-order valence-corrected chi connectivity index (χ0v) is 12.6. The van der Waals surface area contributed by atoms with Gasteiger partial charge in [0.15, 0.2) is 0 Å². The molecule has 4 N–H and O–H groups in total. The molecular formula is C16H21N3O3. The highest BCUT2D eigenvalue weighted by Gasteiger charge is 2.38. The maximum atomic E-state index is 12.3. The van der Waals surface area contributed by atoms with Crippen molar-refractivity contribution in [2.45, 2.75) is 25.8 Å². The van der Waals surface area contributed by atoms with Crippen LogP contribution in [0.3, 0.4) is 0 Å². The Balaban J connectivity index is 1.92. The monoisotopic (exact) mass is 303 g/mol. The van der Waals surface area contributed by atoms with Gasteiger partial charge in [-0.2, -0.15) is 0 Å². The average Bonchev–Trinajstić information content (AvgIpc) is 3.01. The van der Waals surface area contributed by atoms with Crippen LogP contribution in [0.5, 0.6) is 0 Å². The van der Waals surface area contributed by atoms with Crippen molar-refractivity contribution in [2.24, 2.45) is 17.6 Å². The molecule has 1 aliphatic carbocycles. The zero-order valence-electron chi connectivity index (χ0n) is 12.6. The van der Waals surface area contributed by atoms with Gasteiger partial charge in [0.2, 0.25) is 5.91 Å². The lowest BCUT2D eigenvalue weighted by Crippen LogP contribution is -2.35. The van der Waals surface area contributed by atoms with E-state index in [0.29, 0.717) is 18.5 Å². The number of amides is 1. The molecule has 2 rings (SSSR count). The first-order chi connectivity index (χ1) is 10.5. The molecule has 6 nitrogen and oxygen atoms in total. The maximum Gasteiger partial charge on any atom is 0.309 e. The van der Waals surface area contributed by atoms with Gasteiger partial charge in [-0.25, -0.2) is 0 Å². The van der Waals surface area contributed by atoms with E-state index < -0.39 is 0 Å². The molecule has 0 saturated heterocycles. The largest absolute Gasteiger partial charge is 0.469 e. The molecule has 0 aromatic heterocycles. The highest BCUT2D eigenvalue weighted by atomic mass is 16.5. The minimum absolute atomic E-state index is 0.0162. The SMILES string of the molecule is COC(=O)[C@@H]1CCC[C@H]1C(=O)NCc1ccc(C(=N)N)cc1. The summed E-state index contributed by atoms with van der Waals surface area (Å²) in [5.74, 6) is -1.02. The molecule has 118 valence electrons. The maximum absolute atomic E-state index is 12.3. The van der Waals surface area contributed by atoms with E-state index in [1.807, 2.05) is 12.1 Å². The van der Waals surface area contributed by atoms with Crippen LogP contribution in [0.1, 0.15) is 30.4 Å². The molecule has 0 unspecified atom stereocenters. The van der Waals surface area contributed by atoms with Crippen molar-refractivity contribution in [1.29, 1.82) is 5.41 Å². The predicted molar refractivity (Wildman–Crippen MR) is 82.2 cm³/mol. The molecule has 1 aromatic rings. The summed E-state index contributed by atoms with van der Waals surface area (Å²) in [4.78, 5) is 23.9. The number of rotatable bonds is 5. The van der Waals surface area contributed by atoms with E-state index in [9.17, 15) is 9.59 Å². The number of benzene rings is 1. The predicted octanol–water partition coefficient (Wildman–Crippen LogP) is 1.18. The van der Waals surface area contributed by atoms with Crippen LogP contribution in [-0.4, -0.2) is 24.8 Å². The molecule has 1 fully saturated rings. The number of nitrogens with two attached hydrogens (primary N) is 1. The average molecular weight is 303 g/mol.